The van der Waals surface area contributed by atoms with Gasteiger partial charge in [-0.2, -0.15) is 0 Å². The number of carbonyl (C=O) groups excluding carboxylic acids is 1. The Morgan fingerprint density at radius 3 is 2.71 bits per heavy atom. The van der Waals surface area contributed by atoms with Gasteiger partial charge in [-0.15, -0.1) is 0 Å². The summed E-state index contributed by atoms with van der Waals surface area (Å²) in [5, 5.41) is 11.5. The van der Waals surface area contributed by atoms with Crippen molar-refractivity contribution in [2.45, 2.75) is 26.1 Å². The predicted octanol–water partition coefficient (Wildman–Crippen LogP) is 3.37. The minimum absolute atomic E-state index is 0.139. The number of carbonyl (C=O) groups is 1. The number of esters is 1. The first-order chi connectivity index (χ1) is 14.9. The fourth-order valence-electron chi connectivity index (χ4n) is 3.23. The first-order valence-electron chi connectivity index (χ1n) is 9.61. The van der Waals surface area contributed by atoms with Crippen LogP contribution in [0, 0.1) is 0 Å². The van der Waals surface area contributed by atoms with Gasteiger partial charge in [-0.25, -0.2) is 14.8 Å². The van der Waals surface area contributed by atoms with Gasteiger partial charge in [0.25, 0.3) is 0 Å². The van der Waals surface area contributed by atoms with Crippen molar-refractivity contribution in [1.82, 2.24) is 19.9 Å². The second-order valence-corrected chi connectivity index (χ2v) is 7.67. The number of ether oxygens (including phenoxy) is 3. The molecule has 0 aliphatic rings. The molecule has 4 rings (SSSR count). The number of nitrogens with zero attached hydrogens (tertiary/aromatic N) is 3. The van der Waals surface area contributed by atoms with Gasteiger partial charge in [0.05, 0.1) is 30.1 Å². The van der Waals surface area contributed by atoms with Crippen LogP contribution >= 0.6 is 0 Å². The molecule has 160 valence electrons. The van der Waals surface area contributed by atoms with E-state index in [0.717, 1.165) is 21.8 Å². The third kappa shape index (κ3) is 4.47. The van der Waals surface area contributed by atoms with E-state index in [4.69, 9.17) is 14.2 Å². The third-order valence-corrected chi connectivity index (χ3v) is 4.51. The lowest BCUT2D eigenvalue weighted by Crippen LogP contribution is -2.28. The number of H-pyrrole nitrogens is 1. The second-order valence-electron chi connectivity index (χ2n) is 7.67. The quantitative estimate of drug-likeness (QED) is 0.435. The zero-order valence-electron chi connectivity index (χ0n) is 17.4. The topological polar surface area (TPSA) is 119 Å². The third-order valence-electron chi connectivity index (χ3n) is 4.51. The van der Waals surface area contributed by atoms with E-state index in [-0.39, 0.29) is 18.9 Å². The zero-order chi connectivity index (χ0) is 22.0. The number of hydrogen-bond acceptors (Lipinski definition) is 8. The van der Waals surface area contributed by atoms with Crippen LogP contribution in [0.3, 0.4) is 0 Å². The second kappa shape index (κ2) is 8.29. The Kier molecular flexibility index (Phi) is 5.53. The molecule has 0 saturated carbocycles. The summed E-state index contributed by atoms with van der Waals surface area (Å²) in [7, 11) is 1.54. The van der Waals surface area contributed by atoms with Crippen LogP contribution in [0.1, 0.15) is 29.9 Å². The summed E-state index contributed by atoms with van der Waals surface area (Å²) in [6, 6.07) is 5.55. The minimum atomic E-state index is -1.14. The van der Waals surface area contributed by atoms with Crippen molar-refractivity contribution < 1.29 is 24.1 Å². The number of methoxy groups -OCH3 is 1. The molecule has 0 unspecified atom stereocenters. The molecule has 0 saturated heterocycles. The highest BCUT2D eigenvalue weighted by Crippen LogP contribution is 2.33. The van der Waals surface area contributed by atoms with Gasteiger partial charge in [0, 0.05) is 41.4 Å². The Labute approximate surface area is 178 Å². The van der Waals surface area contributed by atoms with Gasteiger partial charge in [0.2, 0.25) is 5.88 Å². The summed E-state index contributed by atoms with van der Waals surface area (Å²) in [4.78, 5) is 28.4. The van der Waals surface area contributed by atoms with Crippen molar-refractivity contribution in [3.05, 3.63) is 54.2 Å². The fourth-order valence-corrected chi connectivity index (χ4v) is 3.23. The van der Waals surface area contributed by atoms with Gasteiger partial charge in [-0.05, 0) is 32.0 Å². The van der Waals surface area contributed by atoms with Crippen molar-refractivity contribution in [2.75, 3.05) is 13.7 Å². The van der Waals surface area contributed by atoms with Crippen LogP contribution in [-0.2, 0) is 16.1 Å². The van der Waals surface area contributed by atoms with Gasteiger partial charge in [-0.1, -0.05) is 0 Å². The van der Waals surface area contributed by atoms with Crippen LogP contribution in [0.5, 0.6) is 11.6 Å². The number of nitrogens with one attached hydrogen (secondary N) is 1. The molecule has 0 aliphatic carbocycles. The number of aliphatic hydroxyl groups is 1. The molecule has 0 aliphatic heterocycles. The van der Waals surface area contributed by atoms with Crippen molar-refractivity contribution in [2.24, 2.45) is 0 Å². The summed E-state index contributed by atoms with van der Waals surface area (Å²) in [6.07, 6.45) is 6.22. The number of fused-ring (bicyclic) bond motifs is 3. The average molecular weight is 422 g/mol. The molecular weight excluding hydrogens is 400 g/mol. The maximum Gasteiger partial charge on any atom is 0.357 e. The van der Waals surface area contributed by atoms with Gasteiger partial charge < -0.3 is 24.3 Å². The van der Waals surface area contributed by atoms with E-state index in [9.17, 15) is 9.90 Å². The highest BCUT2D eigenvalue weighted by molar-refractivity contribution is 6.11. The Morgan fingerprint density at radius 1 is 1.16 bits per heavy atom. The molecule has 1 aromatic carbocycles. The lowest BCUT2D eigenvalue weighted by atomic mass is 10.1. The first-order valence-corrected chi connectivity index (χ1v) is 9.61. The van der Waals surface area contributed by atoms with E-state index in [1.54, 1.807) is 39.5 Å². The molecule has 0 atom stereocenters. The molecule has 31 heavy (non-hydrogen) atoms. The number of aromatic nitrogens is 4. The first kappa shape index (κ1) is 20.7. The molecule has 3 aromatic heterocycles. The number of benzene rings is 1. The Balaban J connectivity index is 1.80. The van der Waals surface area contributed by atoms with Gasteiger partial charge >= 0.3 is 5.97 Å². The van der Waals surface area contributed by atoms with E-state index in [2.05, 4.69) is 19.9 Å². The van der Waals surface area contributed by atoms with Crippen LogP contribution in [0.15, 0.2) is 43.0 Å². The van der Waals surface area contributed by atoms with Crippen LogP contribution in [0.25, 0.3) is 21.8 Å². The summed E-state index contributed by atoms with van der Waals surface area (Å²) >= 11 is 0. The molecule has 2 N–H and O–H groups in total. The normalized spacial score (nSPS) is 11.7. The van der Waals surface area contributed by atoms with E-state index in [1.807, 2.05) is 18.2 Å². The number of rotatable bonds is 7. The Bertz CT molecular complexity index is 1230. The summed E-state index contributed by atoms with van der Waals surface area (Å²) in [5.41, 5.74) is 1.18. The summed E-state index contributed by atoms with van der Waals surface area (Å²) < 4.78 is 16.4. The van der Waals surface area contributed by atoms with Crippen molar-refractivity contribution in [3.8, 4) is 11.6 Å². The molecule has 0 amide bonds. The number of aromatic amines is 1. The minimum Gasteiger partial charge on any atom is -0.458 e. The van der Waals surface area contributed by atoms with Crippen molar-refractivity contribution in [3.63, 3.8) is 0 Å². The van der Waals surface area contributed by atoms with Crippen LogP contribution in [0.2, 0.25) is 0 Å². The SMILES string of the molecule is COCc1c(C(=O)OCC(C)(C)O)ncc2[nH]c3ccc(Oc4cnccn4)cc3c12. The number of hydrogen-bond donors (Lipinski definition) is 2. The van der Waals surface area contributed by atoms with Gasteiger partial charge in [-0.3, -0.25) is 4.98 Å². The molecule has 4 aromatic rings. The summed E-state index contributed by atoms with van der Waals surface area (Å²) in [6.45, 7) is 3.12. The molecule has 9 nitrogen and oxygen atoms in total. The summed E-state index contributed by atoms with van der Waals surface area (Å²) in [5.74, 6) is 0.314. The Hall–Kier alpha value is -3.56. The van der Waals surface area contributed by atoms with Crippen LogP contribution in [0.4, 0.5) is 0 Å². The molecule has 9 heteroatoms. The highest BCUT2D eigenvalue weighted by Gasteiger charge is 2.23. The highest BCUT2D eigenvalue weighted by atomic mass is 16.5. The standard InChI is InChI=1S/C22H22N4O5/c1-22(2,28)12-30-21(27)20-15(11-29-3)19-14-8-13(31-18-10-23-6-7-24-18)4-5-16(14)26-17(19)9-25-20/h4-10,26,28H,11-12H2,1-3H3. The lowest BCUT2D eigenvalue weighted by Gasteiger charge is -2.17. The number of pyridine rings is 1. The van der Waals surface area contributed by atoms with Crippen molar-refractivity contribution in [1.29, 1.82) is 0 Å². The largest absolute Gasteiger partial charge is 0.458 e. The van der Waals surface area contributed by atoms with E-state index in [0.29, 0.717) is 17.2 Å². The Morgan fingerprint density at radius 2 is 2.00 bits per heavy atom. The molecule has 0 bridgehead atoms. The van der Waals surface area contributed by atoms with E-state index >= 15 is 0 Å². The molecule has 0 spiro atoms. The fraction of sp³-hybridized carbons (Fsp3) is 0.273. The smallest absolute Gasteiger partial charge is 0.357 e. The molecule has 0 radical (unpaired) electrons. The maximum atomic E-state index is 12.7. The van der Waals surface area contributed by atoms with Crippen molar-refractivity contribution >= 4 is 27.8 Å². The van der Waals surface area contributed by atoms with Gasteiger partial charge in [0.1, 0.15) is 12.4 Å². The maximum absolute atomic E-state index is 12.7. The lowest BCUT2D eigenvalue weighted by molar-refractivity contribution is -0.0106. The predicted molar refractivity (Wildman–Crippen MR) is 113 cm³/mol. The van der Waals surface area contributed by atoms with E-state index < -0.39 is 11.6 Å². The molecule has 3 heterocycles. The average Bonchev–Trinajstić information content (AvgIpc) is 3.11. The van der Waals surface area contributed by atoms with Gasteiger partial charge in [0.15, 0.2) is 5.69 Å². The van der Waals surface area contributed by atoms with Crippen LogP contribution < -0.4 is 4.74 Å². The zero-order valence-corrected chi connectivity index (χ0v) is 17.4. The molecule has 0 fully saturated rings. The van der Waals surface area contributed by atoms with Crippen LogP contribution in [-0.4, -0.2) is 50.3 Å². The molecular formula is C22H22N4O5. The monoisotopic (exact) mass is 422 g/mol. The van der Waals surface area contributed by atoms with E-state index in [1.165, 1.54) is 6.20 Å².